The molecular weight excluding hydrogens is 419 g/mol. The van der Waals surface area contributed by atoms with Gasteiger partial charge in [0.2, 0.25) is 10.0 Å². The van der Waals surface area contributed by atoms with Crippen molar-refractivity contribution < 1.29 is 26.3 Å². The second-order valence-electron chi connectivity index (χ2n) is 7.84. The van der Waals surface area contributed by atoms with Gasteiger partial charge >= 0.3 is 6.18 Å². The summed E-state index contributed by atoms with van der Waals surface area (Å²) in [4.78, 5) is 4.71. The van der Waals surface area contributed by atoms with E-state index in [1.54, 1.807) is 6.07 Å². The van der Waals surface area contributed by atoms with Crippen molar-refractivity contribution in [3.8, 4) is 17.0 Å². The Bertz CT molecular complexity index is 1000. The van der Waals surface area contributed by atoms with Crippen LogP contribution in [-0.4, -0.2) is 37.3 Å². The van der Waals surface area contributed by atoms with Crippen LogP contribution >= 0.6 is 0 Å². The first-order valence-corrected chi connectivity index (χ1v) is 11.5. The number of halogens is 3. The van der Waals surface area contributed by atoms with Crippen molar-refractivity contribution in [1.82, 2.24) is 14.3 Å². The van der Waals surface area contributed by atoms with Crippen molar-refractivity contribution in [2.75, 3.05) is 7.05 Å². The summed E-state index contributed by atoms with van der Waals surface area (Å²) in [5, 5.41) is 0. The van der Waals surface area contributed by atoms with Gasteiger partial charge in [-0.2, -0.15) is 13.2 Å². The molecule has 0 saturated heterocycles. The number of aromatic nitrogens is 2. The van der Waals surface area contributed by atoms with Crippen molar-refractivity contribution in [2.24, 2.45) is 5.92 Å². The van der Waals surface area contributed by atoms with Gasteiger partial charge in [0.05, 0.1) is 22.6 Å². The van der Waals surface area contributed by atoms with E-state index >= 15 is 0 Å². The van der Waals surface area contributed by atoms with Crippen LogP contribution in [-0.2, 0) is 23.0 Å². The molecule has 1 aromatic carbocycles. The van der Waals surface area contributed by atoms with E-state index in [1.165, 1.54) is 19.2 Å². The molecule has 1 aliphatic heterocycles. The van der Waals surface area contributed by atoms with Gasteiger partial charge in [0.1, 0.15) is 11.6 Å². The highest BCUT2D eigenvalue weighted by Crippen LogP contribution is 2.40. The van der Waals surface area contributed by atoms with E-state index in [0.29, 0.717) is 29.8 Å². The molecule has 0 unspecified atom stereocenters. The molecule has 2 aromatic rings. The number of rotatable bonds is 5. The molecule has 0 amide bonds. The Hall–Kier alpha value is -2.07. The molecule has 2 aliphatic rings. The standard InChI is InChI=1S/C20H24F3N3O3S/c1-24-30(27,28)15-8-9-18(29-14-6-4-13(5-7-14)20(21,22)23)16(11-15)17-12-26-10-2-3-19(26)25-17/h8-9,11-14,24H,2-7,10H2,1H3/t13-,14-. The average molecular weight is 443 g/mol. The first-order chi connectivity index (χ1) is 14.2. The van der Waals surface area contributed by atoms with Crippen LogP contribution in [0.1, 0.15) is 37.9 Å². The first-order valence-electron chi connectivity index (χ1n) is 10.0. The van der Waals surface area contributed by atoms with Crippen LogP contribution in [0.15, 0.2) is 29.3 Å². The zero-order chi connectivity index (χ0) is 21.5. The normalized spacial score (nSPS) is 22.1. The minimum absolute atomic E-state index is 0.0362. The van der Waals surface area contributed by atoms with Crippen LogP contribution in [0, 0.1) is 5.92 Å². The largest absolute Gasteiger partial charge is 0.490 e. The number of aryl methyl sites for hydroxylation is 2. The molecule has 4 rings (SSSR count). The molecule has 10 heteroatoms. The summed E-state index contributed by atoms with van der Waals surface area (Å²) < 4.78 is 73.8. The molecule has 0 radical (unpaired) electrons. The van der Waals surface area contributed by atoms with Gasteiger partial charge in [-0.1, -0.05) is 0 Å². The predicted octanol–water partition coefficient (Wildman–Crippen LogP) is 3.90. The molecular formula is C20H24F3N3O3S. The predicted molar refractivity (Wildman–Crippen MR) is 105 cm³/mol. The second-order valence-corrected chi connectivity index (χ2v) is 9.72. The van der Waals surface area contributed by atoms with Gasteiger partial charge in [-0.25, -0.2) is 18.1 Å². The Labute approximate surface area is 173 Å². The Morgan fingerprint density at radius 2 is 1.93 bits per heavy atom. The lowest BCUT2D eigenvalue weighted by Crippen LogP contribution is -2.32. The third-order valence-corrected chi connectivity index (χ3v) is 7.31. The molecule has 164 valence electrons. The molecule has 0 spiro atoms. The molecule has 0 bridgehead atoms. The van der Waals surface area contributed by atoms with Gasteiger partial charge < -0.3 is 9.30 Å². The maximum atomic E-state index is 12.9. The Kier molecular flexibility index (Phi) is 5.56. The van der Waals surface area contributed by atoms with E-state index in [0.717, 1.165) is 25.2 Å². The van der Waals surface area contributed by atoms with Gasteiger partial charge in [0, 0.05) is 24.7 Å². The SMILES string of the molecule is CNS(=O)(=O)c1ccc(O[C@H]2CC[C@H](C(F)(F)F)CC2)c(-c2cn3c(n2)CCC3)c1. The average Bonchev–Trinajstić information content (AvgIpc) is 3.30. The van der Waals surface area contributed by atoms with Crippen LogP contribution in [0.4, 0.5) is 13.2 Å². The highest BCUT2D eigenvalue weighted by Gasteiger charge is 2.41. The molecule has 2 heterocycles. The van der Waals surface area contributed by atoms with E-state index < -0.39 is 22.1 Å². The number of sulfonamides is 1. The van der Waals surface area contributed by atoms with Gasteiger partial charge in [-0.15, -0.1) is 0 Å². The van der Waals surface area contributed by atoms with Gasteiger partial charge in [-0.3, -0.25) is 0 Å². The van der Waals surface area contributed by atoms with Crippen LogP contribution in [0.3, 0.4) is 0 Å². The number of nitrogens with zero attached hydrogens (tertiary/aromatic N) is 2. The van der Waals surface area contributed by atoms with Crippen LogP contribution in [0.5, 0.6) is 5.75 Å². The quantitative estimate of drug-likeness (QED) is 0.761. The maximum Gasteiger partial charge on any atom is 0.391 e. The topological polar surface area (TPSA) is 73.2 Å². The van der Waals surface area contributed by atoms with E-state index in [1.807, 2.05) is 10.8 Å². The van der Waals surface area contributed by atoms with Crippen molar-refractivity contribution >= 4 is 10.0 Å². The fourth-order valence-electron chi connectivity index (χ4n) is 4.17. The molecule has 6 nitrogen and oxygen atoms in total. The summed E-state index contributed by atoms with van der Waals surface area (Å²) in [6, 6.07) is 4.52. The minimum atomic E-state index is -4.17. The van der Waals surface area contributed by atoms with Crippen molar-refractivity contribution in [3.63, 3.8) is 0 Å². The van der Waals surface area contributed by atoms with Crippen molar-refractivity contribution in [3.05, 3.63) is 30.2 Å². The van der Waals surface area contributed by atoms with Gasteiger partial charge in [-0.05, 0) is 57.4 Å². The fraction of sp³-hybridized carbons (Fsp3) is 0.550. The Morgan fingerprint density at radius 1 is 1.20 bits per heavy atom. The zero-order valence-electron chi connectivity index (χ0n) is 16.6. The number of nitrogens with one attached hydrogen (secondary N) is 1. The molecule has 1 aliphatic carbocycles. The number of hydrogen-bond acceptors (Lipinski definition) is 4. The maximum absolute atomic E-state index is 12.9. The highest BCUT2D eigenvalue weighted by molar-refractivity contribution is 7.89. The van der Waals surface area contributed by atoms with Crippen LogP contribution in [0.2, 0.25) is 0 Å². The lowest BCUT2D eigenvalue weighted by atomic mass is 9.87. The minimum Gasteiger partial charge on any atom is -0.490 e. The lowest BCUT2D eigenvalue weighted by molar-refractivity contribution is -0.185. The number of ether oxygens (including phenoxy) is 1. The lowest BCUT2D eigenvalue weighted by Gasteiger charge is -2.30. The van der Waals surface area contributed by atoms with Crippen LogP contribution < -0.4 is 9.46 Å². The molecule has 1 saturated carbocycles. The third-order valence-electron chi connectivity index (χ3n) is 5.90. The molecule has 1 N–H and O–H groups in total. The summed E-state index contributed by atoms with van der Waals surface area (Å²) in [5.41, 5.74) is 1.14. The van der Waals surface area contributed by atoms with Gasteiger partial charge in [0.25, 0.3) is 0 Å². The van der Waals surface area contributed by atoms with E-state index in [4.69, 9.17) is 4.74 Å². The smallest absolute Gasteiger partial charge is 0.391 e. The second kappa shape index (κ2) is 7.88. The van der Waals surface area contributed by atoms with Crippen molar-refractivity contribution in [1.29, 1.82) is 0 Å². The third kappa shape index (κ3) is 4.20. The van der Waals surface area contributed by atoms with Gasteiger partial charge in [0.15, 0.2) is 0 Å². The first kappa shape index (κ1) is 21.2. The monoisotopic (exact) mass is 443 g/mol. The number of benzene rings is 1. The highest BCUT2D eigenvalue weighted by atomic mass is 32.2. The molecule has 30 heavy (non-hydrogen) atoms. The number of hydrogen-bond donors (Lipinski definition) is 1. The van der Waals surface area contributed by atoms with E-state index in [-0.39, 0.29) is 23.8 Å². The molecule has 1 fully saturated rings. The van der Waals surface area contributed by atoms with Crippen molar-refractivity contribution in [2.45, 2.75) is 62.2 Å². The summed E-state index contributed by atoms with van der Waals surface area (Å²) in [5.74, 6) is 0.0943. The van der Waals surface area contributed by atoms with E-state index in [9.17, 15) is 21.6 Å². The summed E-state index contributed by atoms with van der Waals surface area (Å²) >= 11 is 0. The Morgan fingerprint density at radius 3 is 2.57 bits per heavy atom. The van der Waals surface area contributed by atoms with E-state index in [2.05, 4.69) is 9.71 Å². The van der Waals surface area contributed by atoms with Crippen LogP contribution in [0.25, 0.3) is 11.3 Å². The zero-order valence-corrected chi connectivity index (χ0v) is 17.4. The summed E-state index contributed by atoms with van der Waals surface area (Å²) in [6.45, 7) is 0.856. The summed E-state index contributed by atoms with van der Waals surface area (Å²) in [6.07, 6.45) is -0.0854. The fourth-order valence-corrected chi connectivity index (χ4v) is 4.93. The number of alkyl halides is 3. The molecule has 0 atom stereocenters. The number of imidazole rings is 1. The Balaban J connectivity index is 1.62. The summed E-state index contributed by atoms with van der Waals surface area (Å²) in [7, 11) is -2.33. The molecule has 1 aromatic heterocycles. The number of fused-ring (bicyclic) bond motifs is 1.